The summed E-state index contributed by atoms with van der Waals surface area (Å²) >= 11 is 0. The van der Waals surface area contributed by atoms with Crippen LogP contribution < -0.4 is 0 Å². The van der Waals surface area contributed by atoms with Gasteiger partial charge in [-0.05, 0) is 19.8 Å². The summed E-state index contributed by atoms with van der Waals surface area (Å²) in [6, 6.07) is 0. The molecule has 0 N–H and O–H groups in total. The third-order valence-electron chi connectivity index (χ3n) is 4.32. The van der Waals surface area contributed by atoms with Crippen LogP contribution in [0, 0.1) is 6.92 Å². The van der Waals surface area contributed by atoms with E-state index in [1.807, 2.05) is 0 Å². The molecule has 0 amide bonds. The quantitative estimate of drug-likeness (QED) is 0.775. The van der Waals surface area contributed by atoms with Crippen LogP contribution in [0.5, 0.6) is 0 Å². The predicted octanol–water partition coefficient (Wildman–Crippen LogP) is -0.0832. The monoisotopic (exact) mass is 316 g/mol. The van der Waals surface area contributed by atoms with Gasteiger partial charge in [0.1, 0.15) is 0 Å². The predicted molar refractivity (Wildman–Crippen MR) is 73.9 cm³/mol. The van der Waals surface area contributed by atoms with Crippen LogP contribution in [-0.2, 0) is 20.4 Å². The molecule has 2 saturated heterocycles. The highest BCUT2D eigenvalue weighted by atomic mass is 32.2. The van der Waals surface area contributed by atoms with Crippen molar-refractivity contribution in [2.24, 2.45) is 0 Å². The normalized spacial score (nSPS) is 30.8. The van der Waals surface area contributed by atoms with Crippen LogP contribution in [0.15, 0.2) is 4.52 Å². The molecule has 118 valence electrons. The number of hydrogen-bond acceptors (Lipinski definition) is 6. The number of aromatic nitrogens is 2. The molecule has 2 atom stereocenters. The highest BCUT2D eigenvalue weighted by molar-refractivity contribution is 7.86. The minimum Gasteiger partial charge on any atom is -0.377 e. The lowest BCUT2D eigenvalue weighted by Crippen LogP contribution is -2.56. The molecule has 21 heavy (non-hydrogen) atoms. The number of aryl methyl sites for hydroxylation is 1. The van der Waals surface area contributed by atoms with Crippen LogP contribution >= 0.6 is 0 Å². The molecule has 0 aromatic carbocycles. The van der Waals surface area contributed by atoms with E-state index in [9.17, 15) is 8.42 Å². The van der Waals surface area contributed by atoms with Gasteiger partial charge in [-0.2, -0.15) is 22.0 Å². The first-order valence-corrected chi connectivity index (χ1v) is 8.36. The molecule has 8 nitrogen and oxygen atoms in total. The molecule has 9 heteroatoms. The number of rotatable bonds is 3. The van der Waals surface area contributed by atoms with Crippen LogP contribution in [-0.4, -0.2) is 67.1 Å². The molecule has 3 heterocycles. The Bertz CT molecular complexity index is 629. The molecule has 0 spiro atoms. The molecule has 2 fully saturated rings. The Labute approximate surface area is 124 Å². The van der Waals surface area contributed by atoms with Crippen LogP contribution in [0.3, 0.4) is 0 Å². The molecule has 0 unspecified atom stereocenters. The van der Waals surface area contributed by atoms with Crippen molar-refractivity contribution in [2.75, 3.05) is 33.8 Å². The van der Waals surface area contributed by atoms with Crippen molar-refractivity contribution in [2.45, 2.75) is 31.3 Å². The fourth-order valence-electron chi connectivity index (χ4n) is 3.14. The molecule has 2 aliphatic heterocycles. The summed E-state index contributed by atoms with van der Waals surface area (Å²) in [5.41, 5.74) is -0.525. The van der Waals surface area contributed by atoms with Crippen molar-refractivity contribution in [1.82, 2.24) is 18.8 Å². The zero-order valence-corrected chi connectivity index (χ0v) is 13.3. The van der Waals surface area contributed by atoms with Crippen molar-refractivity contribution in [1.29, 1.82) is 0 Å². The molecule has 0 saturated carbocycles. The molecule has 0 radical (unpaired) electrons. The fraction of sp³-hybridized carbons (Fsp3) is 0.833. The van der Waals surface area contributed by atoms with E-state index in [4.69, 9.17) is 9.26 Å². The largest absolute Gasteiger partial charge is 0.377 e. The zero-order valence-electron chi connectivity index (χ0n) is 12.4. The van der Waals surface area contributed by atoms with Gasteiger partial charge in [-0.3, -0.25) is 0 Å². The fourth-order valence-corrected chi connectivity index (χ4v) is 4.33. The smallest absolute Gasteiger partial charge is 0.281 e. The number of piperidine rings is 1. The van der Waals surface area contributed by atoms with Gasteiger partial charge in [-0.25, -0.2) is 0 Å². The Morgan fingerprint density at radius 3 is 2.81 bits per heavy atom. The van der Waals surface area contributed by atoms with E-state index in [1.54, 1.807) is 6.92 Å². The summed E-state index contributed by atoms with van der Waals surface area (Å²) in [6.45, 7) is 3.10. The molecule has 3 rings (SSSR count). The van der Waals surface area contributed by atoms with Crippen molar-refractivity contribution in [3.8, 4) is 0 Å². The summed E-state index contributed by atoms with van der Waals surface area (Å²) in [4.78, 5) is 4.34. The molecular formula is C12H20N4O4S. The minimum absolute atomic E-state index is 0.0639. The maximum absolute atomic E-state index is 12.4. The molecular weight excluding hydrogens is 296 g/mol. The number of nitrogens with zero attached hydrogens (tertiary/aromatic N) is 4. The summed E-state index contributed by atoms with van der Waals surface area (Å²) in [7, 11) is -0.381. The standard InChI is InChI=1S/C12H20N4O4S/c1-9-13-11(20-14-9)12-5-7-19-10(12)4-6-16(8-12)21(17,18)15(2)3/h10H,4-8H2,1-3H3/t10-,12-/m1/s1. The van der Waals surface area contributed by atoms with Crippen LogP contribution in [0.2, 0.25) is 0 Å². The van der Waals surface area contributed by atoms with E-state index in [1.165, 1.54) is 22.7 Å². The maximum atomic E-state index is 12.4. The van der Waals surface area contributed by atoms with E-state index in [-0.39, 0.29) is 6.10 Å². The van der Waals surface area contributed by atoms with E-state index >= 15 is 0 Å². The second kappa shape index (κ2) is 5.01. The lowest BCUT2D eigenvalue weighted by molar-refractivity contribution is 0.0266. The number of ether oxygens (including phenoxy) is 1. The summed E-state index contributed by atoms with van der Waals surface area (Å²) in [5.74, 6) is 1.04. The SMILES string of the molecule is Cc1noc([C@@]23CCO[C@@H]2CCN(S(=O)(=O)N(C)C)C3)n1. The average molecular weight is 316 g/mol. The Morgan fingerprint density at radius 2 is 2.19 bits per heavy atom. The van der Waals surface area contributed by atoms with Gasteiger partial charge >= 0.3 is 0 Å². The Morgan fingerprint density at radius 1 is 1.43 bits per heavy atom. The van der Waals surface area contributed by atoms with Gasteiger partial charge in [0.05, 0.1) is 11.5 Å². The van der Waals surface area contributed by atoms with Gasteiger partial charge in [0.25, 0.3) is 10.2 Å². The second-order valence-corrected chi connectivity index (χ2v) is 7.97. The number of hydrogen-bond donors (Lipinski definition) is 0. The van der Waals surface area contributed by atoms with Crippen molar-refractivity contribution >= 4 is 10.2 Å². The first-order chi connectivity index (χ1) is 9.86. The molecule has 1 aromatic rings. The number of fused-ring (bicyclic) bond motifs is 1. The van der Waals surface area contributed by atoms with Gasteiger partial charge in [0.2, 0.25) is 5.89 Å². The Kier molecular flexibility index (Phi) is 3.55. The van der Waals surface area contributed by atoms with Gasteiger partial charge in [0, 0.05) is 33.8 Å². The topological polar surface area (TPSA) is 88.8 Å². The molecule has 0 bridgehead atoms. The van der Waals surface area contributed by atoms with Gasteiger partial charge in [-0.15, -0.1) is 0 Å². The minimum atomic E-state index is -3.46. The van der Waals surface area contributed by atoms with E-state index < -0.39 is 15.6 Å². The molecule has 0 aliphatic carbocycles. The molecule has 2 aliphatic rings. The van der Waals surface area contributed by atoms with Crippen molar-refractivity contribution in [3.63, 3.8) is 0 Å². The van der Waals surface area contributed by atoms with Crippen LogP contribution in [0.25, 0.3) is 0 Å². The maximum Gasteiger partial charge on any atom is 0.281 e. The summed E-state index contributed by atoms with van der Waals surface area (Å²) < 4.78 is 38.6. The molecule has 1 aromatic heterocycles. The van der Waals surface area contributed by atoms with E-state index in [0.717, 1.165) is 0 Å². The van der Waals surface area contributed by atoms with E-state index in [0.29, 0.717) is 44.3 Å². The first-order valence-electron chi connectivity index (χ1n) is 6.96. The Hall–Kier alpha value is -1.03. The summed E-state index contributed by atoms with van der Waals surface area (Å²) in [5, 5.41) is 3.85. The first kappa shape index (κ1) is 14.9. The zero-order chi connectivity index (χ0) is 15.3. The van der Waals surface area contributed by atoms with Crippen molar-refractivity contribution < 1.29 is 17.7 Å². The van der Waals surface area contributed by atoms with Crippen molar-refractivity contribution in [3.05, 3.63) is 11.7 Å². The third kappa shape index (κ3) is 2.28. The van der Waals surface area contributed by atoms with Gasteiger partial charge < -0.3 is 9.26 Å². The highest BCUT2D eigenvalue weighted by Crippen LogP contribution is 2.43. The Balaban J connectivity index is 1.97. The third-order valence-corrected chi connectivity index (χ3v) is 6.21. The lowest BCUT2D eigenvalue weighted by atomic mass is 9.77. The average Bonchev–Trinajstić information content (AvgIpc) is 3.04. The van der Waals surface area contributed by atoms with Gasteiger partial charge in [0.15, 0.2) is 5.82 Å². The highest BCUT2D eigenvalue weighted by Gasteiger charge is 2.54. The lowest BCUT2D eigenvalue weighted by Gasteiger charge is -2.41. The second-order valence-electron chi connectivity index (χ2n) is 5.82. The summed E-state index contributed by atoms with van der Waals surface area (Å²) in [6.07, 6.45) is 1.26. The van der Waals surface area contributed by atoms with Gasteiger partial charge in [-0.1, -0.05) is 5.16 Å². The van der Waals surface area contributed by atoms with E-state index in [2.05, 4.69) is 10.1 Å². The van der Waals surface area contributed by atoms with Crippen LogP contribution in [0.1, 0.15) is 24.6 Å². The van der Waals surface area contributed by atoms with Crippen LogP contribution in [0.4, 0.5) is 0 Å².